The van der Waals surface area contributed by atoms with Crippen LogP contribution in [-0.4, -0.2) is 71.5 Å². The number of methoxy groups -OCH3 is 2. The number of Topliss-reactive ketones (excluding diaryl/α,β-unsaturated/α-hetero) is 1. The Hall–Kier alpha value is -5.19. The molecule has 1 aliphatic heterocycles. The maximum atomic E-state index is 14.1. The third kappa shape index (κ3) is 7.67. The van der Waals surface area contributed by atoms with E-state index in [-0.39, 0.29) is 28.2 Å². The Morgan fingerprint density at radius 3 is 1.73 bits per heavy atom. The van der Waals surface area contributed by atoms with E-state index in [2.05, 4.69) is 0 Å². The van der Waals surface area contributed by atoms with Gasteiger partial charge in [0, 0.05) is 24.6 Å². The molecule has 3 aromatic rings. The Morgan fingerprint density at radius 1 is 0.729 bits per heavy atom. The third-order valence-electron chi connectivity index (χ3n) is 7.68. The molecule has 11 heteroatoms. The second-order valence-electron chi connectivity index (χ2n) is 13.6. The van der Waals surface area contributed by atoms with Crippen LogP contribution in [0.5, 0.6) is 17.2 Å². The number of phenolic OH excluding ortho intramolecular Hbond substituents is 1. The molecular weight excluding hydrogens is 618 g/mol. The van der Waals surface area contributed by atoms with Crippen molar-refractivity contribution in [3.63, 3.8) is 0 Å². The molecule has 0 saturated carbocycles. The van der Waals surface area contributed by atoms with Gasteiger partial charge in [0.05, 0.1) is 25.3 Å². The molecule has 0 aliphatic carbocycles. The van der Waals surface area contributed by atoms with E-state index in [1.165, 1.54) is 26.4 Å². The van der Waals surface area contributed by atoms with Crippen LogP contribution in [0.4, 0.5) is 0 Å². The highest BCUT2D eigenvalue weighted by atomic mass is 16.6. The van der Waals surface area contributed by atoms with Gasteiger partial charge in [-0.25, -0.2) is 0 Å². The molecule has 11 nitrogen and oxygen atoms in total. The first-order valence-corrected chi connectivity index (χ1v) is 15.4. The summed E-state index contributed by atoms with van der Waals surface area (Å²) in [6.45, 7) is 9.33. The number of amides is 2. The van der Waals surface area contributed by atoms with Gasteiger partial charge < -0.3 is 24.1 Å². The number of esters is 2. The fourth-order valence-corrected chi connectivity index (χ4v) is 5.29. The van der Waals surface area contributed by atoms with E-state index in [1.807, 2.05) is 0 Å². The van der Waals surface area contributed by atoms with Crippen molar-refractivity contribution in [1.29, 1.82) is 0 Å². The summed E-state index contributed by atoms with van der Waals surface area (Å²) in [7, 11) is 2.77. The summed E-state index contributed by atoms with van der Waals surface area (Å²) in [5.41, 5.74) is -2.49. The molecule has 0 radical (unpaired) electrons. The molecule has 0 spiro atoms. The van der Waals surface area contributed by atoms with Crippen LogP contribution in [0.25, 0.3) is 11.1 Å². The zero-order valence-electron chi connectivity index (χ0n) is 28.5. The molecule has 4 rings (SSSR count). The number of hydrogen-bond acceptors (Lipinski definition) is 10. The van der Waals surface area contributed by atoms with Gasteiger partial charge in [-0.1, -0.05) is 36.4 Å². The van der Waals surface area contributed by atoms with Crippen molar-refractivity contribution >= 4 is 29.5 Å². The summed E-state index contributed by atoms with van der Waals surface area (Å²) in [5.74, 6) is -3.42. The van der Waals surface area contributed by atoms with Gasteiger partial charge >= 0.3 is 11.9 Å². The van der Waals surface area contributed by atoms with E-state index in [4.69, 9.17) is 18.9 Å². The molecule has 0 bridgehead atoms. The highest BCUT2D eigenvalue weighted by Crippen LogP contribution is 2.39. The normalized spacial score (nSPS) is 13.2. The van der Waals surface area contributed by atoms with Gasteiger partial charge in [0.1, 0.15) is 28.5 Å². The number of imide groups is 1. The minimum atomic E-state index is -2.23. The number of carbonyl (C=O) groups excluding carboxylic acids is 5. The van der Waals surface area contributed by atoms with Crippen LogP contribution in [0.15, 0.2) is 60.7 Å². The number of rotatable bonds is 11. The number of phenols is 1. The predicted molar refractivity (Wildman–Crippen MR) is 176 cm³/mol. The van der Waals surface area contributed by atoms with Crippen LogP contribution < -0.4 is 9.47 Å². The first kappa shape index (κ1) is 35.7. The quantitative estimate of drug-likeness (QED) is 0.112. The van der Waals surface area contributed by atoms with Crippen molar-refractivity contribution in [2.45, 2.75) is 65.6 Å². The number of aromatic hydroxyl groups is 1. The lowest BCUT2D eigenvalue weighted by molar-refractivity contribution is -0.186. The highest BCUT2D eigenvalue weighted by Gasteiger charge is 2.53. The van der Waals surface area contributed by atoms with Gasteiger partial charge in [-0.05, 0) is 77.3 Å². The second kappa shape index (κ2) is 13.5. The minimum absolute atomic E-state index is 0.0215. The van der Waals surface area contributed by atoms with Gasteiger partial charge in [-0.3, -0.25) is 28.9 Å². The van der Waals surface area contributed by atoms with Gasteiger partial charge in [-0.2, -0.15) is 0 Å². The summed E-state index contributed by atoms with van der Waals surface area (Å²) in [6.07, 6.45) is -1.12. The minimum Gasteiger partial charge on any atom is -0.508 e. The van der Waals surface area contributed by atoms with E-state index in [9.17, 15) is 29.1 Å². The molecule has 1 aliphatic rings. The summed E-state index contributed by atoms with van der Waals surface area (Å²) in [4.78, 5) is 70.1. The summed E-state index contributed by atoms with van der Waals surface area (Å²) < 4.78 is 22.1. The number of ether oxygens (including phenoxy) is 4. The van der Waals surface area contributed by atoms with Crippen LogP contribution in [0, 0.1) is 5.41 Å². The monoisotopic (exact) mass is 659 g/mol. The summed E-state index contributed by atoms with van der Waals surface area (Å²) >= 11 is 0. The van der Waals surface area contributed by atoms with Gasteiger partial charge in [0.2, 0.25) is 0 Å². The summed E-state index contributed by atoms with van der Waals surface area (Å²) in [5, 5.41) is 9.62. The smallest absolute Gasteiger partial charge is 0.324 e. The van der Waals surface area contributed by atoms with E-state index in [1.54, 1.807) is 90.1 Å². The van der Waals surface area contributed by atoms with Crippen LogP contribution in [0.2, 0.25) is 0 Å². The Balaban J connectivity index is 1.73. The molecule has 0 aromatic heterocycles. The molecule has 0 saturated heterocycles. The number of hydrogen-bond donors (Lipinski definition) is 1. The van der Waals surface area contributed by atoms with E-state index >= 15 is 0 Å². The van der Waals surface area contributed by atoms with Gasteiger partial charge in [-0.15, -0.1) is 0 Å². The first-order valence-electron chi connectivity index (χ1n) is 15.4. The fraction of sp³-hybridized carbons (Fsp3) is 0.378. The zero-order chi connectivity index (χ0) is 35.6. The Labute approximate surface area is 279 Å². The largest absolute Gasteiger partial charge is 0.508 e. The van der Waals surface area contributed by atoms with Crippen LogP contribution in [0.3, 0.4) is 0 Å². The molecule has 1 N–H and O–H groups in total. The Morgan fingerprint density at radius 2 is 1.25 bits per heavy atom. The molecule has 2 amide bonds. The van der Waals surface area contributed by atoms with Crippen molar-refractivity contribution in [2.24, 2.45) is 5.41 Å². The number of fused-ring (bicyclic) bond motifs is 1. The lowest BCUT2D eigenvalue weighted by atomic mass is 9.77. The first-order chi connectivity index (χ1) is 22.4. The van der Waals surface area contributed by atoms with Crippen molar-refractivity contribution in [3.8, 4) is 28.4 Å². The van der Waals surface area contributed by atoms with E-state index in [0.717, 1.165) is 16.0 Å². The molecule has 0 fully saturated rings. The van der Waals surface area contributed by atoms with Crippen molar-refractivity contribution in [1.82, 2.24) is 4.90 Å². The zero-order valence-corrected chi connectivity index (χ0v) is 28.5. The average Bonchev–Trinajstić information content (AvgIpc) is 3.25. The maximum absolute atomic E-state index is 14.1. The molecule has 3 aromatic carbocycles. The van der Waals surface area contributed by atoms with Crippen molar-refractivity contribution in [3.05, 3.63) is 77.4 Å². The van der Waals surface area contributed by atoms with E-state index < -0.39 is 65.5 Å². The SMILES string of the molecule is COc1cc(OC)c2c(c1)C(=O)N(CCC(CC(=O)c1ccc(-c3ccc(O)cc3)cc1)(C(=O)OC(C)(C)C)C(=O)OC(C)(C)C)C2=O. The van der Waals surface area contributed by atoms with Crippen molar-refractivity contribution in [2.75, 3.05) is 20.8 Å². The fourth-order valence-electron chi connectivity index (χ4n) is 5.29. The molecule has 0 unspecified atom stereocenters. The van der Waals surface area contributed by atoms with Crippen LogP contribution in [-0.2, 0) is 19.1 Å². The average molecular weight is 660 g/mol. The third-order valence-corrected chi connectivity index (χ3v) is 7.68. The maximum Gasteiger partial charge on any atom is 0.324 e. The van der Waals surface area contributed by atoms with Crippen LogP contribution >= 0.6 is 0 Å². The van der Waals surface area contributed by atoms with Gasteiger partial charge in [0.15, 0.2) is 11.2 Å². The van der Waals surface area contributed by atoms with Gasteiger partial charge in [0.25, 0.3) is 11.8 Å². The number of nitrogens with zero attached hydrogens (tertiary/aromatic N) is 1. The molecule has 254 valence electrons. The topological polar surface area (TPSA) is 146 Å². The molecular formula is C37H41NO10. The van der Waals surface area contributed by atoms with Crippen LogP contribution in [0.1, 0.15) is 85.5 Å². The number of benzene rings is 3. The lowest BCUT2D eigenvalue weighted by Crippen LogP contribution is -2.50. The Bertz CT molecular complexity index is 1700. The van der Waals surface area contributed by atoms with Crippen molar-refractivity contribution < 1.29 is 48.0 Å². The molecule has 48 heavy (non-hydrogen) atoms. The number of carbonyl (C=O) groups is 5. The predicted octanol–water partition coefficient (Wildman–Crippen LogP) is 6.01. The standard InChI is InChI=1S/C37H41NO10/c1-35(2,3)47-33(43)37(34(44)48-36(4,5)6,21-28(40)24-11-9-22(10-12-24)23-13-15-25(39)16-14-23)17-18-38-31(41)27-19-26(45-7)20-29(46-8)30(27)32(38)42/h9-16,19-20,39H,17-18,21H2,1-8H3. The summed E-state index contributed by atoms with van der Waals surface area (Å²) in [6, 6.07) is 16.0. The number of ketones is 1. The Kier molecular flexibility index (Phi) is 10.0. The molecule has 0 atom stereocenters. The highest BCUT2D eigenvalue weighted by molar-refractivity contribution is 6.23. The second-order valence-corrected chi connectivity index (χ2v) is 13.6. The lowest BCUT2D eigenvalue weighted by Gasteiger charge is -2.35. The van der Waals surface area contributed by atoms with E-state index in [0.29, 0.717) is 5.75 Å². The molecule has 1 heterocycles.